The molecule has 1 fully saturated rings. The Morgan fingerprint density at radius 1 is 0.677 bits per heavy atom. The Morgan fingerprint density at radius 2 is 1.23 bits per heavy atom. The molecule has 1 aromatic heterocycles. The zero-order valence-corrected chi connectivity index (χ0v) is 17.5. The highest BCUT2D eigenvalue weighted by Gasteiger charge is 2.27. The third-order valence-electron chi connectivity index (χ3n) is 5.90. The first-order valence-corrected chi connectivity index (χ1v) is 10.8. The van der Waals surface area contributed by atoms with Crippen LogP contribution in [0.1, 0.15) is 23.0 Å². The van der Waals surface area contributed by atoms with E-state index in [-0.39, 0.29) is 6.04 Å². The van der Waals surface area contributed by atoms with E-state index < -0.39 is 0 Å². The monoisotopic (exact) mass is 410 g/mol. The number of aromatic nitrogens is 4. The molecular formula is C25H26N6. The first-order chi connectivity index (χ1) is 15.4. The van der Waals surface area contributed by atoms with Crippen LogP contribution in [0.5, 0.6) is 0 Å². The zero-order chi connectivity index (χ0) is 20.9. The van der Waals surface area contributed by atoms with E-state index in [9.17, 15) is 0 Å². The van der Waals surface area contributed by atoms with E-state index in [0.717, 1.165) is 44.2 Å². The van der Waals surface area contributed by atoms with Crippen molar-refractivity contribution in [1.82, 2.24) is 30.0 Å². The number of rotatable bonds is 6. The second-order valence-corrected chi connectivity index (χ2v) is 7.88. The van der Waals surface area contributed by atoms with Gasteiger partial charge in [0.1, 0.15) is 0 Å². The second-order valence-electron chi connectivity index (χ2n) is 7.88. The molecule has 0 amide bonds. The van der Waals surface area contributed by atoms with Crippen LogP contribution in [0.25, 0.3) is 5.69 Å². The maximum absolute atomic E-state index is 4.28. The average molecular weight is 411 g/mol. The van der Waals surface area contributed by atoms with Crippen molar-refractivity contribution in [2.45, 2.75) is 12.6 Å². The minimum absolute atomic E-state index is 0.277. The van der Waals surface area contributed by atoms with Crippen LogP contribution in [0.3, 0.4) is 0 Å². The fourth-order valence-electron chi connectivity index (χ4n) is 4.34. The smallest absolute Gasteiger partial charge is 0.170 e. The lowest BCUT2D eigenvalue weighted by atomic mass is 9.96. The molecule has 0 atom stereocenters. The predicted octanol–water partition coefficient (Wildman–Crippen LogP) is 3.57. The van der Waals surface area contributed by atoms with Crippen LogP contribution < -0.4 is 0 Å². The molecule has 6 nitrogen and oxygen atoms in total. The van der Waals surface area contributed by atoms with E-state index >= 15 is 0 Å². The Hall–Kier alpha value is -3.35. The quantitative estimate of drug-likeness (QED) is 0.486. The average Bonchev–Trinajstić information content (AvgIpc) is 3.30. The van der Waals surface area contributed by atoms with Crippen LogP contribution in [0, 0.1) is 0 Å². The molecule has 0 N–H and O–H groups in total. The molecule has 31 heavy (non-hydrogen) atoms. The van der Waals surface area contributed by atoms with Crippen molar-refractivity contribution in [2.24, 2.45) is 0 Å². The predicted molar refractivity (Wildman–Crippen MR) is 121 cm³/mol. The van der Waals surface area contributed by atoms with Gasteiger partial charge in [-0.05, 0) is 33.7 Å². The standard InChI is InChI=1S/C25H26N6/c1-4-10-21(11-5-1)25(22-12-6-2-7-13-22)30-18-16-29(17-19-30)20-24-26-27-28-31(24)23-14-8-3-9-15-23/h1-15,25H,16-20H2. The fraction of sp³-hybridized carbons (Fsp3) is 0.240. The summed E-state index contributed by atoms with van der Waals surface area (Å²) >= 11 is 0. The SMILES string of the molecule is c1ccc(C(c2ccccc2)N2CCN(Cc3nnnn3-c3ccccc3)CC2)cc1. The number of nitrogens with zero attached hydrogens (tertiary/aromatic N) is 6. The van der Waals surface area contributed by atoms with Gasteiger partial charge in [0.25, 0.3) is 0 Å². The molecule has 0 saturated carbocycles. The molecule has 1 aliphatic rings. The Bertz CT molecular complexity index is 1030. The molecule has 1 aliphatic heterocycles. The minimum Gasteiger partial charge on any atom is -0.293 e. The van der Waals surface area contributed by atoms with Crippen molar-refractivity contribution >= 4 is 0 Å². The maximum atomic E-state index is 4.28. The Morgan fingerprint density at radius 3 is 1.81 bits per heavy atom. The van der Waals surface area contributed by atoms with Crippen molar-refractivity contribution in [1.29, 1.82) is 0 Å². The molecule has 0 bridgehead atoms. The normalized spacial score (nSPS) is 15.4. The molecule has 5 rings (SSSR count). The first-order valence-electron chi connectivity index (χ1n) is 10.8. The Labute approximate surface area is 182 Å². The highest BCUT2D eigenvalue weighted by atomic mass is 15.5. The van der Waals surface area contributed by atoms with E-state index in [1.807, 2.05) is 35.0 Å². The van der Waals surface area contributed by atoms with E-state index in [1.165, 1.54) is 11.1 Å². The van der Waals surface area contributed by atoms with Gasteiger partial charge in [0, 0.05) is 26.2 Å². The van der Waals surface area contributed by atoms with Gasteiger partial charge in [-0.15, -0.1) is 5.10 Å². The van der Waals surface area contributed by atoms with Gasteiger partial charge in [-0.3, -0.25) is 9.80 Å². The molecule has 4 aromatic rings. The molecule has 6 heteroatoms. The molecule has 3 aromatic carbocycles. The van der Waals surface area contributed by atoms with Crippen LogP contribution >= 0.6 is 0 Å². The molecule has 0 spiro atoms. The second kappa shape index (κ2) is 9.20. The van der Waals surface area contributed by atoms with Crippen molar-refractivity contribution < 1.29 is 0 Å². The Kier molecular flexibility index (Phi) is 5.82. The van der Waals surface area contributed by atoms with Gasteiger partial charge in [0.2, 0.25) is 0 Å². The maximum Gasteiger partial charge on any atom is 0.170 e. The fourth-order valence-corrected chi connectivity index (χ4v) is 4.34. The number of benzene rings is 3. The largest absolute Gasteiger partial charge is 0.293 e. The van der Waals surface area contributed by atoms with Gasteiger partial charge >= 0.3 is 0 Å². The van der Waals surface area contributed by atoms with Crippen molar-refractivity contribution in [3.8, 4) is 5.69 Å². The summed E-state index contributed by atoms with van der Waals surface area (Å²) in [4.78, 5) is 5.02. The summed E-state index contributed by atoms with van der Waals surface area (Å²) in [5.74, 6) is 0.877. The van der Waals surface area contributed by atoms with Crippen molar-refractivity contribution in [2.75, 3.05) is 26.2 Å². The Balaban J connectivity index is 1.29. The molecular weight excluding hydrogens is 384 g/mol. The van der Waals surface area contributed by atoms with Gasteiger partial charge in [0.15, 0.2) is 5.82 Å². The summed E-state index contributed by atoms with van der Waals surface area (Å²) in [7, 11) is 0. The van der Waals surface area contributed by atoms with Crippen LogP contribution in [0.15, 0.2) is 91.0 Å². The first kappa shape index (κ1) is 19.6. The third kappa shape index (κ3) is 4.40. The van der Waals surface area contributed by atoms with E-state index in [2.05, 4.69) is 86.0 Å². The van der Waals surface area contributed by atoms with Gasteiger partial charge in [-0.2, -0.15) is 4.68 Å². The lowest BCUT2D eigenvalue weighted by molar-refractivity contribution is 0.102. The zero-order valence-electron chi connectivity index (χ0n) is 17.5. The summed E-state index contributed by atoms with van der Waals surface area (Å²) in [5, 5.41) is 12.4. The highest BCUT2D eigenvalue weighted by molar-refractivity contribution is 5.32. The third-order valence-corrected chi connectivity index (χ3v) is 5.90. The molecule has 0 radical (unpaired) electrons. The lowest BCUT2D eigenvalue weighted by Crippen LogP contribution is -2.47. The van der Waals surface area contributed by atoms with Crippen LogP contribution in [-0.2, 0) is 6.54 Å². The van der Waals surface area contributed by atoms with Crippen molar-refractivity contribution in [3.63, 3.8) is 0 Å². The van der Waals surface area contributed by atoms with E-state index in [4.69, 9.17) is 0 Å². The molecule has 1 saturated heterocycles. The summed E-state index contributed by atoms with van der Waals surface area (Å²) in [6, 6.07) is 32.0. The summed E-state index contributed by atoms with van der Waals surface area (Å²) in [6.45, 7) is 4.72. The number of hydrogen-bond acceptors (Lipinski definition) is 5. The molecule has 0 aliphatic carbocycles. The summed E-state index contributed by atoms with van der Waals surface area (Å²) in [5.41, 5.74) is 3.68. The van der Waals surface area contributed by atoms with Gasteiger partial charge in [0.05, 0.1) is 18.3 Å². The highest BCUT2D eigenvalue weighted by Crippen LogP contribution is 2.29. The molecule has 0 unspecified atom stereocenters. The topological polar surface area (TPSA) is 50.1 Å². The van der Waals surface area contributed by atoms with Crippen LogP contribution in [-0.4, -0.2) is 56.2 Å². The number of para-hydroxylation sites is 1. The summed E-state index contributed by atoms with van der Waals surface area (Å²) in [6.07, 6.45) is 0. The van der Waals surface area contributed by atoms with Crippen LogP contribution in [0.2, 0.25) is 0 Å². The molecule has 156 valence electrons. The number of tetrazole rings is 1. The lowest BCUT2D eigenvalue weighted by Gasteiger charge is -2.39. The minimum atomic E-state index is 0.277. The van der Waals surface area contributed by atoms with Crippen molar-refractivity contribution in [3.05, 3.63) is 108 Å². The number of piperazine rings is 1. The van der Waals surface area contributed by atoms with E-state index in [0.29, 0.717) is 0 Å². The number of hydrogen-bond donors (Lipinski definition) is 0. The van der Waals surface area contributed by atoms with Crippen LogP contribution in [0.4, 0.5) is 0 Å². The summed E-state index contributed by atoms with van der Waals surface area (Å²) < 4.78 is 1.84. The van der Waals surface area contributed by atoms with E-state index in [1.54, 1.807) is 0 Å². The van der Waals surface area contributed by atoms with Gasteiger partial charge in [-0.1, -0.05) is 78.9 Å². The molecule has 2 heterocycles. The van der Waals surface area contributed by atoms with Gasteiger partial charge < -0.3 is 0 Å². The van der Waals surface area contributed by atoms with Gasteiger partial charge in [-0.25, -0.2) is 0 Å².